The van der Waals surface area contributed by atoms with Crippen LogP contribution in [0.5, 0.6) is 0 Å². The largest absolute Gasteiger partial charge is 0.309 e. The SMILES string of the molecule is CNC(c1cc(Cl)sc1Cl)c1cccc2cnccc12. The Morgan fingerprint density at radius 1 is 1.20 bits per heavy atom. The summed E-state index contributed by atoms with van der Waals surface area (Å²) >= 11 is 13.8. The normalized spacial score (nSPS) is 12.8. The summed E-state index contributed by atoms with van der Waals surface area (Å²) in [5, 5.41) is 5.60. The highest BCUT2D eigenvalue weighted by Gasteiger charge is 2.19. The van der Waals surface area contributed by atoms with Crippen LogP contribution in [-0.4, -0.2) is 12.0 Å². The average Bonchev–Trinajstić information content (AvgIpc) is 2.79. The molecule has 0 aliphatic carbocycles. The molecular weight excluding hydrogens is 311 g/mol. The highest BCUT2D eigenvalue weighted by Crippen LogP contribution is 2.38. The molecule has 0 aliphatic rings. The molecule has 0 saturated heterocycles. The molecular formula is C15H12Cl2N2S. The van der Waals surface area contributed by atoms with Gasteiger partial charge in [-0.2, -0.15) is 0 Å². The third-order valence-corrected chi connectivity index (χ3v) is 4.83. The third-order valence-electron chi connectivity index (χ3n) is 3.31. The topological polar surface area (TPSA) is 24.9 Å². The van der Waals surface area contributed by atoms with Crippen LogP contribution >= 0.6 is 34.5 Å². The minimum absolute atomic E-state index is 0.0114. The van der Waals surface area contributed by atoms with Gasteiger partial charge in [-0.3, -0.25) is 4.98 Å². The van der Waals surface area contributed by atoms with Crippen LogP contribution in [0.1, 0.15) is 17.2 Å². The summed E-state index contributed by atoms with van der Waals surface area (Å²) in [6.45, 7) is 0. The van der Waals surface area contributed by atoms with E-state index in [0.717, 1.165) is 15.3 Å². The van der Waals surface area contributed by atoms with Crippen molar-refractivity contribution in [2.45, 2.75) is 6.04 Å². The van der Waals surface area contributed by atoms with Gasteiger partial charge in [0.1, 0.15) is 0 Å². The fraction of sp³-hybridized carbons (Fsp3) is 0.133. The lowest BCUT2D eigenvalue weighted by Crippen LogP contribution is -2.17. The lowest BCUT2D eigenvalue weighted by Gasteiger charge is -2.18. The van der Waals surface area contributed by atoms with Gasteiger partial charge >= 0.3 is 0 Å². The summed E-state index contributed by atoms with van der Waals surface area (Å²) in [6.07, 6.45) is 3.68. The van der Waals surface area contributed by atoms with Gasteiger partial charge in [-0.05, 0) is 30.1 Å². The van der Waals surface area contributed by atoms with E-state index in [9.17, 15) is 0 Å². The summed E-state index contributed by atoms with van der Waals surface area (Å²) in [5.74, 6) is 0. The molecule has 2 aromatic heterocycles. The molecule has 0 bridgehead atoms. The maximum Gasteiger partial charge on any atom is 0.0995 e. The highest BCUT2D eigenvalue weighted by molar-refractivity contribution is 7.20. The third kappa shape index (κ3) is 2.42. The lowest BCUT2D eigenvalue weighted by atomic mass is 9.96. The van der Waals surface area contributed by atoms with Crippen molar-refractivity contribution < 1.29 is 0 Å². The van der Waals surface area contributed by atoms with E-state index in [4.69, 9.17) is 23.2 Å². The van der Waals surface area contributed by atoms with Crippen molar-refractivity contribution in [3.63, 3.8) is 0 Å². The van der Waals surface area contributed by atoms with Crippen LogP contribution in [-0.2, 0) is 0 Å². The Balaban J connectivity index is 2.19. The Kier molecular flexibility index (Phi) is 3.94. The van der Waals surface area contributed by atoms with Gasteiger partial charge in [0.25, 0.3) is 0 Å². The summed E-state index contributed by atoms with van der Waals surface area (Å²) in [7, 11) is 1.92. The van der Waals surface area contributed by atoms with Crippen LogP contribution in [0, 0.1) is 0 Å². The van der Waals surface area contributed by atoms with Gasteiger partial charge in [-0.15, -0.1) is 11.3 Å². The number of hydrogen-bond acceptors (Lipinski definition) is 3. The standard InChI is InChI=1S/C15H12Cl2N2S/c1-18-14(12-7-13(16)20-15(12)17)11-4-2-3-9-8-19-6-5-10(9)11/h2-8,14,18H,1H3. The molecule has 0 saturated carbocycles. The maximum atomic E-state index is 6.30. The van der Waals surface area contributed by atoms with E-state index in [2.05, 4.69) is 22.4 Å². The number of halogens is 2. The Hall–Kier alpha value is -1.13. The first kappa shape index (κ1) is 13.8. The Morgan fingerprint density at radius 3 is 2.75 bits per heavy atom. The van der Waals surface area contributed by atoms with Gasteiger partial charge in [-0.25, -0.2) is 0 Å². The molecule has 102 valence electrons. The fourth-order valence-electron chi connectivity index (χ4n) is 2.43. The Labute approximate surface area is 131 Å². The minimum Gasteiger partial charge on any atom is -0.309 e. The lowest BCUT2D eigenvalue weighted by molar-refractivity contribution is 0.699. The summed E-state index contributed by atoms with van der Waals surface area (Å²) in [4.78, 5) is 4.17. The van der Waals surface area contributed by atoms with Crippen LogP contribution < -0.4 is 5.32 Å². The first-order valence-corrected chi connectivity index (χ1v) is 7.72. The zero-order valence-corrected chi connectivity index (χ0v) is 13.1. The molecule has 0 radical (unpaired) electrons. The Morgan fingerprint density at radius 2 is 2.05 bits per heavy atom. The molecule has 20 heavy (non-hydrogen) atoms. The molecule has 2 heterocycles. The van der Waals surface area contributed by atoms with Gasteiger partial charge in [-0.1, -0.05) is 41.4 Å². The van der Waals surface area contributed by atoms with Crippen LogP contribution in [0.4, 0.5) is 0 Å². The number of fused-ring (bicyclic) bond motifs is 1. The summed E-state index contributed by atoms with van der Waals surface area (Å²) in [6, 6.07) is 10.2. The van der Waals surface area contributed by atoms with E-state index in [0.29, 0.717) is 4.34 Å². The number of aromatic nitrogens is 1. The zero-order chi connectivity index (χ0) is 14.1. The number of hydrogen-bond donors (Lipinski definition) is 1. The van der Waals surface area contributed by atoms with E-state index in [1.165, 1.54) is 22.3 Å². The maximum absolute atomic E-state index is 6.30. The van der Waals surface area contributed by atoms with Gasteiger partial charge in [0.15, 0.2) is 0 Å². The minimum atomic E-state index is 0.0114. The molecule has 1 unspecified atom stereocenters. The van der Waals surface area contributed by atoms with E-state index in [1.54, 1.807) is 6.20 Å². The van der Waals surface area contributed by atoms with E-state index < -0.39 is 0 Å². The molecule has 1 N–H and O–H groups in total. The smallest absolute Gasteiger partial charge is 0.0995 e. The number of nitrogens with zero attached hydrogens (tertiary/aromatic N) is 1. The molecule has 5 heteroatoms. The second-order valence-electron chi connectivity index (χ2n) is 4.45. The molecule has 1 atom stereocenters. The number of thiophene rings is 1. The molecule has 1 aromatic carbocycles. The second-order valence-corrected chi connectivity index (χ2v) is 6.73. The van der Waals surface area contributed by atoms with Crippen molar-refractivity contribution in [3.05, 3.63) is 62.5 Å². The second kappa shape index (κ2) is 5.70. The van der Waals surface area contributed by atoms with E-state index in [1.807, 2.05) is 31.4 Å². The number of benzene rings is 1. The molecule has 0 fully saturated rings. The van der Waals surface area contributed by atoms with Crippen molar-refractivity contribution in [2.75, 3.05) is 7.05 Å². The highest BCUT2D eigenvalue weighted by atomic mass is 35.5. The zero-order valence-electron chi connectivity index (χ0n) is 10.7. The van der Waals surface area contributed by atoms with Gasteiger partial charge in [0.05, 0.1) is 14.7 Å². The summed E-state index contributed by atoms with van der Waals surface area (Å²) < 4.78 is 1.42. The molecule has 0 spiro atoms. The quantitative estimate of drug-likeness (QED) is 0.740. The van der Waals surface area contributed by atoms with Crippen LogP contribution in [0.25, 0.3) is 10.8 Å². The van der Waals surface area contributed by atoms with E-state index in [-0.39, 0.29) is 6.04 Å². The van der Waals surface area contributed by atoms with Crippen molar-refractivity contribution in [3.8, 4) is 0 Å². The number of pyridine rings is 1. The number of nitrogens with one attached hydrogen (secondary N) is 1. The molecule has 2 nitrogen and oxygen atoms in total. The Bertz CT molecular complexity index is 749. The monoisotopic (exact) mass is 322 g/mol. The first-order chi connectivity index (χ1) is 9.70. The first-order valence-electron chi connectivity index (χ1n) is 6.15. The van der Waals surface area contributed by atoms with Gasteiger partial charge in [0, 0.05) is 23.3 Å². The van der Waals surface area contributed by atoms with Crippen molar-refractivity contribution in [2.24, 2.45) is 0 Å². The number of rotatable bonds is 3. The van der Waals surface area contributed by atoms with Gasteiger partial charge < -0.3 is 5.32 Å². The van der Waals surface area contributed by atoms with Crippen LogP contribution in [0.15, 0.2) is 42.7 Å². The molecule has 3 aromatic rings. The fourth-order valence-corrected chi connectivity index (χ4v) is 3.96. The van der Waals surface area contributed by atoms with E-state index >= 15 is 0 Å². The van der Waals surface area contributed by atoms with Crippen LogP contribution in [0.2, 0.25) is 8.67 Å². The molecule has 3 rings (SSSR count). The summed E-state index contributed by atoms with van der Waals surface area (Å²) in [5.41, 5.74) is 2.18. The van der Waals surface area contributed by atoms with Crippen molar-refractivity contribution >= 4 is 45.3 Å². The average molecular weight is 323 g/mol. The molecule has 0 amide bonds. The predicted octanol–water partition coefficient (Wildman–Crippen LogP) is 4.91. The van der Waals surface area contributed by atoms with Crippen molar-refractivity contribution in [1.29, 1.82) is 0 Å². The van der Waals surface area contributed by atoms with Crippen LogP contribution in [0.3, 0.4) is 0 Å². The van der Waals surface area contributed by atoms with Gasteiger partial charge in [0.2, 0.25) is 0 Å². The van der Waals surface area contributed by atoms with Crippen molar-refractivity contribution in [1.82, 2.24) is 10.3 Å². The molecule has 0 aliphatic heterocycles. The predicted molar refractivity (Wildman–Crippen MR) is 87.0 cm³/mol.